The maximum atomic E-state index is 5.87. The predicted octanol–water partition coefficient (Wildman–Crippen LogP) is 2.95. The van der Waals surface area contributed by atoms with Gasteiger partial charge in [0.1, 0.15) is 10.8 Å². The highest BCUT2D eigenvalue weighted by molar-refractivity contribution is 6.32. The van der Waals surface area contributed by atoms with Gasteiger partial charge in [-0.05, 0) is 24.7 Å². The van der Waals surface area contributed by atoms with Crippen molar-refractivity contribution in [2.75, 3.05) is 5.73 Å². The predicted molar refractivity (Wildman–Crippen MR) is 62.8 cm³/mol. The third-order valence-corrected chi connectivity index (χ3v) is 3.60. The van der Waals surface area contributed by atoms with Gasteiger partial charge in [-0.1, -0.05) is 31.4 Å². The second-order valence-electron chi connectivity index (χ2n) is 4.70. The van der Waals surface area contributed by atoms with Crippen molar-refractivity contribution in [2.24, 2.45) is 11.8 Å². The lowest BCUT2D eigenvalue weighted by Gasteiger charge is -2.26. The molecule has 84 valence electrons. The van der Waals surface area contributed by atoms with Crippen LogP contribution in [0.5, 0.6) is 0 Å². The van der Waals surface area contributed by atoms with E-state index < -0.39 is 0 Å². The minimum atomic E-state index is 0.568. The molecule has 1 aromatic heterocycles. The molecule has 0 spiro atoms. The first kappa shape index (κ1) is 10.8. The van der Waals surface area contributed by atoms with Crippen LogP contribution in [0.1, 0.15) is 32.6 Å². The Hall–Kier alpha value is -0.700. The number of halogens is 1. The normalized spacial score (nSPS) is 26.8. The topological polar surface area (TPSA) is 43.8 Å². The zero-order chi connectivity index (χ0) is 10.8. The SMILES string of the molecule is CC1CCCC(Cn2ncc(Cl)c2N)C1. The van der Waals surface area contributed by atoms with Crippen LogP contribution < -0.4 is 5.73 Å². The molecule has 2 unspecified atom stereocenters. The Bertz CT molecular complexity index is 335. The summed E-state index contributed by atoms with van der Waals surface area (Å²) >= 11 is 5.87. The zero-order valence-electron chi connectivity index (χ0n) is 9.12. The Kier molecular flexibility index (Phi) is 3.19. The number of rotatable bonds is 2. The summed E-state index contributed by atoms with van der Waals surface area (Å²) in [4.78, 5) is 0. The lowest BCUT2D eigenvalue weighted by Crippen LogP contribution is -2.20. The molecule has 1 saturated carbocycles. The van der Waals surface area contributed by atoms with Gasteiger partial charge in [0.15, 0.2) is 0 Å². The first-order valence-corrected chi connectivity index (χ1v) is 6.01. The molecule has 0 aromatic carbocycles. The molecule has 0 radical (unpaired) electrons. The molecule has 2 rings (SSSR count). The molecule has 0 bridgehead atoms. The number of aromatic nitrogens is 2. The van der Waals surface area contributed by atoms with Gasteiger partial charge in [0.2, 0.25) is 0 Å². The van der Waals surface area contributed by atoms with E-state index in [1.807, 2.05) is 4.68 Å². The van der Waals surface area contributed by atoms with Gasteiger partial charge in [0.25, 0.3) is 0 Å². The maximum Gasteiger partial charge on any atom is 0.140 e. The fourth-order valence-electron chi connectivity index (χ4n) is 2.49. The summed E-state index contributed by atoms with van der Waals surface area (Å²) in [5.74, 6) is 2.16. The van der Waals surface area contributed by atoms with Crippen LogP contribution in [-0.2, 0) is 6.54 Å². The average Bonchev–Trinajstić information content (AvgIpc) is 2.50. The van der Waals surface area contributed by atoms with Gasteiger partial charge >= 0.3 is 0 Å². The molecule has 1 aliphatic rings. The molecule has 4 heteroatoms. The monoisotopic (exact) mass is 227 g/mol. The lowest BCUT2D eigenvalue weighted by atomic mass is 9.82. The van der Waals surface area contributed by atoms with Crippen molar-refractivity contribution in [1.82, 2.24) is 9.78 Å². The molecule has 0 aliphatic heterocycles. The minimum Gasteiger partial charge on any atom is -0.383 e. The quantitative estimate of drug-likeness (QED) is 0.844. The number of nitrogens with zero attached hydrogens (tertiary/aromatic N) is 2. The van der Waals surface area contributed by atoms with Crippen LogP contribution >= 0.6 is 11.6 Å². The third kappa shape index (κ3) is 2.46. The third-order valence-electron chi connectivity index (χ3n) is 3.31. The molecule has 1 fully saturated rings. The molecule has 15 heavy (non-hydrogen) atoms. The Morgan fingerprint density at radius 3 is 3.00 bits per heavy atom. The van der Waals surface area contributed by atoms with E-state index >= 15 is 0 Å². The van der Waals surface area contributed by atoms with Crippen molar-refractivity contribution >= 4 is 17.4 Å². The second kappa shape index (κ2) is 4.44. The Morgan fingerprint density at radius 1 is 1.60 bits per heavy atom. The molecule has 1 aliphatic carbocycles. The number of nitrogen functional groups attached to an aromatic ring is 1. The standard InChI is InChI=1S/C11H18ClN3/c1-8-3-2-4-9(5-8)7-15-11(13)10(12)6-14-15/h6,8-9H,2-5,7,13H2,1H3. The van der Waals surface area contributed by atoms with Crippen molar-refractivity contribution < 1.29 is 0 Å². The molecular weight excluding hydrogens is 210 g/mol. The van der Waals surface area contributed by atoms with Crippen molar-refractivity contribution in [3.05, 3.63) is 11.2 Å². The Balaban J connectivity index is 1.99. The Morgan fingerprint density at radius 2 is 2.40 bits per heavy atom. The lowest BCUT2D eigenvalue weighted by molar-refractivity contribution is 0.251. The minimum absolute atomic E-state index is 0.568. The van der Waals surface area contributed by atoms with E-state index in [1.165, 1.54) is 25.7 Å². The molecule has 2 atom stereocenters. The van der Waals surface area contributed by atoms with Crippen LogP contribution in [0.3, 0.4) is 0 Å². The molecule has 1 aromatic rings. The van der Waals surface area contributed by atoms with Crippen LogP contribution in [0.4, 0.5) is 5.82 Å². The summed E-state index contributed by atoms with van der Waals surface area (Å²) in [5.41, 5.74) is 5.82. The van der Waals surface area contributed by atoms with E-state index in [0.717, 1.165) is 12.5 Å². The smallest absolute Gasteiger partial charge is 0.140 e. The number of hydrogen-bond donors (Lipinski definition) is 1. The van der Waals surface area contributed by atoms with E-state index in [0.29, 0.717) is 16.8 Å². The van der Waals surface area contributed by atoms with E-state index in [1.54, 1.807) is 6.20 Å². The van der Waals surface area contributed by atoms with Gasteiger partial charge < -0.3 is 5.73 Å². The van der Waals surface area contributed by atoms with Gasteiger partial charge in [0, 0.05) is 6.54 Å². The molecular formula is C11H18ClN3. The van der Waals surface area contributed by atoms with Crippen molar-refractivity contribution in [3.8, 4) is 0 Å². The summed E-state index contributed by atoms with van der Waals surface area (Å²) in [6.45, 7) is 3.24. The van der Waals surface area contributed by atoms with Gasteiger partial charge in [-0.15, -0.1) is 0 Å². The highest BCUT2D eigenvalue weighted by Crippen LogP contribution is 2.30. The van der Waals surface area contributed by atoms with Crippen molar-refractivity contribution in [3.63, 3.8) is 0 Å². The van der Waals surface area contributed by atoms with Gasteiger partial charge in [-0.3, -0.25) is 0 Å². The van der Waals surface area contributed by atoms with Crippen LogP contribution in [-0.4, -0.2) is 9.78 Å². The van der Waals surface area contributed by atoms with Crippen molar-refractivity contribution in [2.45, 2.75) is 39.2 Å². The van der Waals surface area contributed by atoms with E-state index in [-0.39, 0.29) is 0 Å². The zero-order valence-corrected chi connectivity index (χ0v) is 9.87. The van der Waals surface area contributed by atoms with E-state index in [2.05, 4.69) is 12.0 Å². The van der Waals surface area contributed by atoms with E-state index in [4.69, 9.17) is 17.3 Å². The van der Waals surface area contributed by atoms with Crippen molar-refractivity contribution in [1.29, 1.82) is 0 Å². The van der Waals surface area contributed by atoms with E-state index in [9.17, 15) is 0 Å². The maximum absolute atomic E-state index is 5.87. The number of hydrogen-bond acceptors (Lipinski definition) is 2. The first-order chi connectivity index (χ1) is 7.16. The van der Waals surface area contributed by atoms with Gasteiger partial charge in [-0.25, -0.2) is 4.68 Å². The van der Waals surface area contributed by atoms with Gasteiger partial charge in [0.05, 0.1) is 6.20 Å². The largest absolute Gasteiger partial charge is 0.383 e. The van der Waals surface area contributed by atoms with Gasteiger partial charge in [-0.2, -0.15) is 5.10 Å². The summed E-state index contributed by atoms with van der Waals surface area (Å²) in [6, 6.07) is 0. The molecule has 1 heterocycles. The summed E-state index contributed by atoms with van der Waals surface area (Å²) in [6.07, 6.45) is 6.91. The van der Waals surface area contributed by atoms with Crippen LogP contribution in [0.15, 0.2) is 6.20 Å². The summed E-state index contributed by atoms with van der Waals surface area (Å²) in [5, 5.41) is 4.76. The molecule has 0 amide bonds. The Labute approximate surface area is 95.6 Å². The first-order valence-electron chi connectivity index (χ1n) is 5.63. The highest BCUT2D eigenvalue weighted by Gasteiger charge is 2.20. The fraction of sp³-hybridized carbons (Fsp3) is 0.727. The van der Waals surface area contributed by atoms with Crippen LogP contribution in [0.2, 0.25) is 5.02 Å². The molecule has 2 N–H and O–H groups in total. The molecule has 3 nitrogen and oxygen atoms in total. The number of nitrogens with two attached hydrogens (primary N) is 1. The summed E-state index contributed by atoms with van der Waals surface area (Å²) in [7, 11) is 0. The molecule has 0 saturated heterocycles. The summed E-state index contributed by atoms with van der Waals surface area (Å²) < 4.78 is 1.84. The van der Waals surface area contributed by atoms with Crippen LogP contribution in [0.25, 0.3) is 0 Å². The average molecular weight is 228 g/mol. The fourth-order valence-corrected chi connectivity index (χ4v) is 2.63. The second-order valence-corrected chi connectivity index (χ2v) is 5.10. The number of anilines is 1. The highest BCUT2D eigenvalue weighted by atomic mass is 35.5. The van der Waals surface area contributed by atoms with Crippen LogP contribution in [0, 0.1) is 11.8 Å².